The average Bonchev–Trinajstić information content (AvgIpc) is 2.63. The van der Waals surface area contributed by atoms with Gasteiger partial charge >= 0.3 is 0 Å². The number of nitrogens with zero attached hydrogens (tertiary/aromatic N) is 3. The van der Waals surface area contributed by atoms with E-state index in [0.29, 0.717) is 11.7 Å². The number of furan rings is 1. The Bertz CT molecular complexity index is 525. The molecule has 2 heterocycles. The highest BCUT2D eigenvalue weighted by Gasteiger charge is 1.97. The Balaban J connectivity index is 2.04. The number of anilines is 1. The van der Waals surface area contributed by atoms with Gasteiger partial charge in [-0.25, -0.2) is 15.4 Å². The first-order valence-electron chi connectivity index (χ1n) is 5.31. The molecule has 0 atom stereocenters. The second-order valence-corrected chi connectivity index (χ2v) is 3.79. The third kappa shape index (κ3) is 3.14. The van der Waals surface area contributed by atoms with Gasteiger partial charge in [0, 0.05) is 11.4 Å². The van der Waals surface area contributed by atoms with Gasteiger partial charge in [-0.1, -0.05) is 0 Å². The lowest BCUT2D eigenvalue weighted by Crippen LogP contribution is -1.99. The van der Waals surface area contributed by atoms with Gasteiger partial charge in [0.2, 0.25) is 5.95 Å². The molecule has 0 aliphatic heterocycles. The maximum Gasteiger partial charge on any atom is 0.243 e. The van der Waals surface area contributed by atoms with Gasteiger partial charge in [-0.05, 0) is 39.0 Å². The minimum Gasteiger partial charge on any atom is -0.460 e. The van der Waals surface area contributed by atoms with Crippen molar-refractivity contribution in [2.24, 2.45) is 5.10 Å². The summed E-state index contributed by atoms with van der Waals surface area (Å²) in [5.41, 5.74) is 4.58. The number of hydrogen-bond donors (Lipinski definition) is 1. The van der Waals surface area contributed by atoms with Crippen LogP contribution in [0.1, 0.15) is 22.9 Å². The second kappa shape index (κ2) is 4.78. The van der Waals surface area contributed by atoms with Crippen LogP contribution < -0.4 is 5.43 Å². The zero-order valence-electron chi connectivity index (χ0n) is 10.1. The normalized spacial score (nSPS) is 11.0. The van der Waals surface area contributed by atoms with E-state index in [4.69, 9.17) is 4.42 Å². The predicted molar refractivity (Wildman–Crippen MR) is 66.2 cm³/mol. The maximum atomic E-state index is 5.34. The first kappa shape index (κ1) is 11.3. The van der Waals surface area contributed by atoms with Crippen molar-refractivity contribution in [1.29, 1.82) is 0 Å². The SMILES string of the molecule is Cc1cc(C)nc(N/N=C\c2ccc(C)o2)n1. The molecule has 0 saturated carbocycles. The molecule has 2 aromatic heterocycles. The summed E-state index contributed by atoms with van der Waals surface area (Å²) in [4.78, 5) is 8.41. The Kier molecular flexibility index (Phi) is 3.18. The summed E-state index contributed by atoms with van der Waals surface area (Å²) in [6.07, 6.45) is 1.59. The molecule has 2 aromatic rings. The summed E-state index contributed by atoms with van der Waals surface area (Å²) in [6, 6.07) is 5.64. The first-order valence-corrected chi connectivity index (χ1v) is 5.31. The third-order valence-electron chi connectivity index (χ3n) is 2.10. The van der Waals surface area contributed by atoms with Crippen molar-refractivity contribution in [2.45, 2.75) is 20.8 Å². The van der Waals surface area contributed by atoms with Crippen molar-refractivity contribution in [3.05, 3.63) is 41.1 Å². The third-order valence-corrected chi connectivity index (χ3v) is 2.10. The second-order valence-electron chi connectivity index (χ2n) is 3.79. The van der Waals surface area contributed by atoms with E-state index in [0.717, 1.165) is 17.1 Å². The van der Waals surface area contributed by atoms with E-state index in [-0.39, 0.29) is 0 Å². The molecule has 0 fully saturated rings. The zero-order chi connectivity index (χ0) is 12.3. The number of hydrogen-bond acceptors (Lipinski definition) is 5. The first-order chi connectivity index (χ1) is 8.13. The monoisotopic (exact) mass is 230 g/mol. The van der Waals surface area contributed by atoms with E-state index in [2.05, 4.69) is 20.5 Å². The molecule has 0 aliphatic carbocycles. The highest BCUT2D eigenvalue weighted by Crippen LogP contribution is 2.05. The minimum absolute atomic E-state index is 0.488. The van der Waals surface area contributed by atoms with Gasteiger partial charge in [0.15, 0.2) is 0 Å². The summed E-state index contributed by atoms with van der Waals surface area (Å²) in [5, 5.41) is 4.01. The Morgan fingerprint density at radius 3 is 2.47 bits per heavy atom. The van der Waals surface area contributed by atoms with Crippen LogP contribution in [0.3, 0.4) is 0 Å². The molecule has 0 amide bonds. The van der Waals surface area contributed by atoms with Crippen LogP contribution in [0.25, 0.3) is 0 Å². The van der Waals surface area contributed by atoms with E-state index < -0.39 is 0 Å². The van der Waals surface area contributed by atoms with Crippen molar-refractivity contribution in [3.63, 3.8) is 0 Å². The number of rotatable bonds is 3. The van der Waals surface area contributed by atoms with E-state index in [1.54, 1.807) is 6.21 Å². The Morgan fingerprint density at radius 2 is 1.88 bits per heavy atom. The Hall–Kier alpha value is -2.17. The molecule has 0 aromatic carbocycles. The number of aromatic nitrogens is 2. The van der Waals surface area contributed by atoms with Crippen LogP contribution in [-0.4, -0.2) is 16.2 Å². The predicted octanol–water partition coefficient (Wildman–Crippen LogP) is 2.44. The highest BCUT2D eigenvalue weighted by molar-refractivity contribution is 5.76. The molecule has 0 saturated heterocycles. The van der Waals surface area contributed by atoms with Crippen LogP contribution >= 0.6 is 0 Å². The topological polar surface area (TPSA) is 63.3 Å². The van der Waals surface area contributed by atoms with Crippen LogP contribution in [-0.2, 0) is 0 Å². The molecular formula is C12H14N4O. The van der Waals surface area contributed by atoms with E-state index in [9.17, 15) is 0 Å². The van der Waals surface area contributed by atoms with Crippen molar-refractivity contribution in [3.8, 4) is 0 Å². The minimum atomic E-state index is 0.488. The maximum absolute atomic E-state index is 5.34. The summed E-state index contributed by atoms with van der Waals surface area (Å²) in [5.74, 6) is 2.04. The molecule has 1 N–H and O–H groups in total. The lowest BCUT2D eigenvalue weighted by atomic mass is 10.4. The fourth-order valence-electron chi connectivity index (χ4n) is 1.45. The number of aryl methyl sites for hydroxylation is 3. The van der Waals surface area contributed by atoms with Crippen LogP contribution in [0.15, 0.2) is 27.7 Å². The molecule has 5 nitrogen and oxygen atoms in total. The van der Waals surface area contributed by atoms with Gasteiger partial charge in [-0.15, -0.1) is 0 Å². The smallest absolute Gasteiger partial charge is 0.243 e. The van der Waals surface area contributed by atoms with Gasteiger partial charge in [0.25, 0.3) is 0 Å². The van der Waals surface area contributed by atoms with Gasteiger partial charge in [-0.2, -0.15) is 5.10 Å². The standard InChI is InChI=1S/C12H14N4O/c1-8-6-9(2)15-12(14-8)16-13-7-11-5-4-10(3)17-11/h4-7H,1-3H3,(H,14,15,16)/b13-7-. The van der Waals surface area contributed by atoms with Crippen molar-refractivity contribution < 1.29 is 4.42 Å². The quantitative estimate of drug-likeness (QED) is 0.649. The summed E-state index contributed by atoms with van der Waals surface area (Å²) < 4.78 is 5.34. The molecule has 0 spiro atoms. The summed E-state index contributed by atoms with van der Waals surface area (Å²) in [6.45, 7) is 5.72. The van der Waals surface area contributed by atoms with Crippen molar-refractivity contribution >= 4 is 12.2 Å². The van der Waals surface area contributed by atoms with Crippen LogP contribution in [0, 0.1) is 20.8 Å². The molecule has 0 aliphatic rings. The van der Waals surface area contributed by atoms with E-state index in [1.165, 1.54) is 0 Å². The highest BCUT2D eigenvalue weighted by atomic mass is 16.3. The van der Waals surface area contributed by atoms with Crippen LogP contribution in [0.5, 0.6) is 0 Å². The molecule has 5 heteroatoms. The lowest BCUT2D eigenvalue weighted by molar-refractivity contribution is 0.528. The fraction of sp³-hybridized carbons (Fsp3) is 0.250. The Labute approximate surface area is 99.6 Å². The Morgan fingerprint density at radius 1 is 1.18 bits per heavy atom. The summed E-state index contributed by atoms with van der Waals surface area (Å²) >= 11 is 0. The summed E-state index contributed by atoms with van der Waals surface area (Å²) in [7, 11) is 0. The zero-order valence-corrected chi connectivity index (χ0v) is 10.1. The number of nitrogens with one attached hydrogen (secondary N) is 1. The largest absolute Gasteiger partial charge is 0.460 e. The molecular weight excluding hydrogens is 216 g/mol. The molecule has 0 unspecified atom stereocenters. The molecule has 0 bridgehead atoms. The molecule has 88 valence electrons. The van der Waals surface area contributed by atoms with Gasteiger partial charge in [0.05, 0.1) is 6.21 Å². The molecule has 17 heavy (non-hydrogen) atoms. The van der Waals surface area contributed by atoms with Crippen molar-refractivity contribution in [1.82, 2.24) is 9.97 Å². The molecule has 2 rings (SSSR count). The number of hydrazone groups is 1. The van der Waals surface area contributed by atoms with Crippen LogP contribution in [0.2, 0.25) is 0 Å². The average molecular weight is 230 g/mol. The lowest BCUT2D eigenvalue weighted by Gasteiger charge is -2.00. The van der Waals surface area contributed by atoms with Gasteiger partial charge in [-0.3, -0.25) is 0 Å². The van der Waals surface area contributed by atoms with Crippen LogP contribution in [0.4, 0.5) is 5.95 Å². The van der Waals surface area contributed by atoms with Gasteiger partial charge in [0.1, 0.15) is 11.5 Å². The van der Waals surface area contributed by atoms with Crippen molar-refractivity contribution in [2.75, 3.05) is 5.43 Å². The molecule has 0 radical (unpaired) electrons. The van der Waals surface area contributed by atoms with E-state index >= 15 is 0 Å². The van der Waals surface area contributed by atoms with Gasteiger partial charge < -0.3 is 4.42 Å². The van der Waals surface area contributed by atoms with E-state index in [1.807, 2.05) is 39.0 Å². The fourth-order valence-corrected chi connectivity index (χ4v) is 1.45.